The molecule has 0 unspecified atom stereocenters. The summed E-state index contributed by atoms with van der Waals surface area (Å²) in [5, 5.41) is 13.6. The van der Waals surface area contributed by atoms with Gasteiger partial charge in [-0.25, -0.2) is 9.78 Å². The second-order valence-corrected chi connectivity index (χ2v) is 6.72. The Kier molecular flexibility index (Phi) is 5.68. The van der Waals surface area contributed by atoms with E-state index in [4.69, 9.17) is 9.47 Å². The Bertz CT molecular complexity index is 1010. The molecule has 0 aliphatic carbocycles. The van der Waals surface area contributed by atoms with Gasteiger partial charge in [-0.3, -0.25) is 14.5 Å². The summed E-state index contributed by atoms with van der Waals surface area (Å²) in [5.74, 6) is -2.20. The quantitative estimate of drug-likeness (QED) is 0.413. The second-order valence-electron chi connectivity index (χ2n) is 5.72. The third kappa shape index (κ3) is 4.29. The van der Waals surface area contributed by atoms with Crippen molar-refractivity contribution in [2.75, 3.05) is 30.0 Å². The maximum Gasteiger partial charge on any atom is 0.366 e. The van der Waals surface area contributed by atoms with Crippen molar-refractivity contribution in [3.05, 3.63) is 32.8 Å². The number of amides is 2. The molecule has 0 saturated heterocycles. The molecule has 1 aliphatic heterocycles. The number of esters is 1. The molecule has 3 heterocycles. The van der Waals surface area contributed by atoms with E-state index in [0.29, 0.717) is 5.69 Å². The van der Waals surface area contributed by atoms with Crippen molar-refractivity contribution in [2.24, 2.45) is 0 Å². The summed E-state index contributed by atoms with van der Waals surface area (Å²) >= 11 is 0.940. The average molecular weight is 421 g/mol. The molecule has 13 heteroatoms. The van der Waals surface area contributed by atoms with Crippen LogP contribution >= 0.6 is 11.3 Å². The van der Waals surface area contributed by atoms with Gasteiger partial charge in [0.05, 0.1) is 12.3 Å². The van der Waals surface area contributed by atoms with Gasteiger partial charge >= 0.3 is 11.8 Å². The first-order chi connectivity index (χ1) is 13.8. The zero-order valence-electron chi connectivity index (χ0n) is 15.3. The fourth-order valence-electron chi connectivity index (χ4n) is 2.47. The van der Waals surface area contributed by atoms with Crippen molar-refractivity contribution in [1.82, 2.24) is 9.97 Å². The first kappa shape index (κ1) is 20.1. The monoisotopic (exact) mass is 421 g/mol. The number of carbonyl (C=O) groups excluding carboxylic acids is 3. The normalized spacial score (nSPS) is 12.8. The molecule has 1 N–H and O–H groups in total. The number of fused-ring (bicyclic) bond motifs is 1. The molecule has 0 spiro atoms. The molecule has 1 aliphatic rings. The molecule has 0 atom stereocenters. The number of rotatable bonds is 6. The summed E-state index contributed by atoms with van der Waals surface area (Å²) in [7, 11) is 0. The van der Waals surface area contributed by atoms with E-state index in [-0.39, 0.29) is 34.8 Å². The SMILES string of the molecule is CCOC(=O)c1sc(NC(=O)CN2C(=O)COc3ccc([N+](=O)[O-])nc32)nc1C. The predicted octanol–water partition coefficient (Wildman–Crippen LogP) is 1.30. The van der Waals surface area contributed by atoms with Crippen LogP contribution in [-0.4, -0.2) is 52.4 Å². The van der Waals surface area contributed by atoms with Crippen LogP contribution in [0.1, 0.15) is 22.3 Å². The first-order valence-corrected chi connectivity index (χ1v) is 9.14. The molecule has 29 heavy (non-hydrogen) atoms. The predicted molar refractivity (Wildman–Crippen MR) is 100 cm³/mol. The van der Waals surface area contributed by atoms with E-state index >= 15 is 0 Å². The standard InChI is InChI=1S/C16H15N5O7S/c1-3-27-15(24)13-8(2)17-16(29-13)19-11(22)6-20-12(23)7-28-9-4-5-10(21(25)26)18-14(9)20/h4-5H,3,6-7H2,1-2H3,(H,17,19,22). The number of thiazole rings is 1. The summed E-state index contributed by atoms with van der Waals surface area (Å²) < 4.78 is 10.1. The number of nitrogens with one attached hydrogen (secondary N) is 1. The van der Waals surface area contributed by atoms with Crippen molar-refractivity contribution in [3.8, 4) is 5.75 Å². The van der Waals surface area contributed by atoms with Crippen molar-refractivity contribution in [3.63, 3.8) is 0 Å². The molecule has 152 valence electrons. The van der Waals surface area contributed by atoms with Gasteiger partial charge in [-0.1, -0.05) is 11.3 Å². The molecule has 0 aromatic carbocycles. The average Bonchev–Trinajstić information content (AvgIpc) is 3.04. The van der Waals surface area contributed by atoms with E-state index in [1.165, 1.54) is 6.07 Å². The summed E-state index contributed by atoms with van der Waals surface area (Å²) in [6, 6.07) is 2.45. The minimum Gasteiger partial charge on any atom is -0.477 e. The van der Waals surface area contributed by atoms with E-state index in [1.54, 1.807) is 13.8 Å². The number of pyridine rings is 1. The van der Waals surface area contributed by atoms with Crippen LogP contribution in [0.5, 0.6) is 5.75 Å². The summed E-state index contributed by atoms with van der Waals surface area (Å²) in [5.41, 5.74) is 0.397. The minimum absolute atomic E-state index is 0.117. The number of nitro groups is 1. The van der Waals surface area contributed by atoms with Gasteiger partial charge < -0.3 is 24.9 Å². The highest BCUT2D eigenvalue weighted by Crippen LogP contribution is 2.32. The van der Waals surface area contributed by atoms with Crippen LogP contribution in [0.25, 0.3) is 0 Å². The Morgan fingerprint density at radius 2 is 2.17 bits per heavy atom. The van der Waals surface area contributed by atoms with Crippen molar-refractivity contribution < 1.29 is 28.8 Å². The van der Waals surface area contributed by atoms with E-state index in [2.05, 4.69) is 15.3 Å². The zero-order chi connectivity index (χ0) is 21.1. The number of hydrogen-bond acceptors (Lipinski definition) is 10. The van der Waals surface area contributed by atoms with E-state index < -0.39 is 35.1 Å². The molecular weight excluding hydrogens is 406 g/mol. The van der Waals surface area contributed by atoms with Gasteiger partial charge in [-0.15, -0.1) is 0 Å². The number of carbonyl (C=O) groups is 3. The van der Waals surface area contributed by atoms with Gasteiger partial charge in [0.1, 0.15) is 11.4 Å². The van der Waals surface area contributed by atoms with Gasteiger partial charge in [-0.05, 0) is 29.8 Å². The lowest BCUT2D eigenvalue weighted by molar-refractivity contribution is -0.389. The Balaban J connectivity index is 1.77. The van der Waals surface area contributed by atoms with Crippen LogP contribution in [-0.2, 0) is 14.3 Å². The number of aryl methyl sites for hydroxylation is 1. The summed E-state index contributed by atoms with van der Waals surface area (Å²) in [6.45, 7) is 2.69. The highest BCUT2D eigenvalue weighted by molar-refractivity contribution is 7.17. The van der Waals surface area contributed by atoms with Crippen molar-refractivity contribution >= 4 is 45.9 Å². The lowest BCUT2D eigenvalue weighted by Gasteiger charge is -2.24. The Hall–Kier alpha value is -3.61. The molecule has 2 aromatic heterocycles. The molecule has 0 radical (unpaired) electrons. The highest BCUT2D eigenvalue weighted by atomic mass is 32.1. The number of aromatic nitrogens is 2. The molecule has 3 rings (SSSR count). The lowest BCUT2D eigenvalue weighted by atomic mass is 10.3. The first-order valence-electron chi connectivity index (χ1n) is 8.33. The Labute approximate surface area is 167 Å². The van der Waals surface area contributed by atoms with Crippen LogP contribution in [0.2, 0.25) is 0 Å². The smallest absolute Gasteiger partial charge is 0.366 e. The van der Waals surface area contributed by atoms with E-state index in [0.717, 1.165) is 22.3 Å². The Morgan fingerprint density at radius 1 is 1.41 bits per heavy atom. The summed E-state index contributed by atoms with van der Waals surface area (Å²) in [6.07, 6.45) is 0. The molecule has 0 bridgehead atoms. The Morgan fingerprint density at radius 3 is 2.86 bits per heavy atom. The van der Waals surface area contributed by atoms with Crippen LogP contribution in [0.3, 0.4) is 0 Å². The number of ether oxygens (including phenoxy) is 2. The van der Waals surface area contributed by atoms with Crippen LogP contribution in [0, 0.1) is 17.0 Å². The fourth-order valence-corrected chi connectivity index (χ4v) is 3.35. The minimum atomic E-state index is -0.715. The number of nitrogens with zero attached hydrogens (tertiary/aromatic N) is 4. The maximum atomic E-state index is 12.4. The van der Waals surface area contributed by atoms with Crippen LogP contribution in [0.4, 0.5) is 16.8 Å². The summed E-state index contributed by atoms with van der Waals surface area (Å²) in [4.78, 5) is 55.8. The molecule has 12 nitrogen and oxygen atoms in total. The van der Waals surface area contributed by atoms with Gasteiger partial charge in [0.15, 0.2) is 17.5 Å². The number of hydrogen-bond donors (Lipinski definition) is 1. The van der Waals surface area contributed by atoms with Gasteiger partial charge in [0.25, 0.3) is 11.7 Å². The van der Waals surface area contributed by atoms with Gasteiger partial charge in [0, 0.05) is 6.07 Å². The zero-order valence-corrected chi connectivity index (χ0v) is 16.1. The van der Waals surface area contributed by atoms with Crippen LogP contribution < -0.4 is 15.0 Å². The molecular formula is C16H15N5O7S. The largest absolute Gasteiger partial charge is 0.477 e. The highest BCUT2D eigenvalue weighted by Gasteiger charge is 2.33. The molecule has 2 amide bonds. The molecule has 2 aromatic rings. The van der Waals surface area contributed by atoms with E-state index in [9.17, 15) is 24.5 Å². The third-order valence-electron chi connectivity index (χ3n) is 3.73. The maximum absolute atomic E-state index is 12.4. The van der Waals surface area contributed by atoms with Crippen LogP contribution in [0.15, 0.2) is 12.1 Å². The van der Waals surface area contributed by atoms with Crippen molar-refractivity contribution in [2.45, 2.75) is 13.8 Å². The number of anilines is 2. The fraction of sp³-hybridized carbons (Fsp3) is 0.312. The van der Waals surface area contributed by atoms with E-state index in [1.807, 2.05) is 0 Å². The van der Waals surface area contributed by atoms with Crippen molar-refractivity contribution in [1.29, 1.82) is 0 Å². The molecule has 0 fully saturated rings. The van der Waals surface area contributed by atoms with Gasteiger partial charge in [-0.2, -0.15) is 0 Å². The topological polar surface area (TPSA) is 154 Å². The lowest BCUT2D eigenvalue weighted by Crippen LogP contribution is -2.44. The third-order valence-corrected chi connectivity index (χ3v) is 4.78. The molecule has 0 saturated carbocycles. The van der Waals surface area contributed by atoms with Gasteiger partial charge in [0.2, 0.25) is 5.91 Å². The second kappa shape index (κ2) is 8.18.